The molecule has 1 aliphatic carbocycles. The van der Waals surface area contributed by atoms with Gasteiger partial charge in [-0.05, 0) is 12.3 Å². The van der Waals surface area contributed by atoms with E-state index in [1.165, 1.54) is 6.42 Å². The molecule has 10 heteroatoms. The van der Waals surface area contributed by atoms with Gasteiger partial charge in [-0.1, -0.05) is 43.9 Å². The Balaban J connectivity index is 1.65. The summed E-state index contributed by atoms with van der Waals surface area (Å²) in [4.78, 5) is 5.97. The second-order valence-electron chi connectivity index (χ2n) is 7.99. The van der Waals surface area contributed by atoms with Crippen LogP contribution in [0.15, 0.2) is 4.99 Å². The Hall–Kier alpha value is -0.550. The number of aliphatic hydroxyl groups excluding tert-OH is 2. The maximum Gasteiger partial charge on any atom is 0.417 e. The van der Waals surface area contributed by atoms with Crippen LogP contribution in [0.3, 0.4) is 0 Å². The van der Waals surface area contributed by atoms with Crippen molar-refractivity contribution in [1.82, 2.24) is 4.90 Å². The van der Waals surface area contributed by atoms with Crippen molar-refractivity contribution in [3.8, 4) is 0 Å². The molecular weight excluding hydrogens is 397 g/mol. The summed E-state index contributed by atoms with van der Waals surface area (Å²) in [6, 6.07) is -0.801. The molecule has 6 atom stereocenters. The second-order valence-corrected chi connectivity index (χ2v) is 9.06. The van der Waals surface area contributed by atoms with Gasteiger partial charge in [-0.25, -0.2) is 0 Å². The van der Waals surface area contributed by atoms with Gasteiger partial charge in [0.25, 0.3) is 0 Å². The SMILES string of the molecule is CN(C)C1=N[C@@H]2[C@@H](O)[C@H](O)C([C@@H](OCCC3CCCCC3)C(F)(F)F)O[C@@H]2S1. The van der Waals surface area contributed by atoms with Gasteiger partial charge in [-0.15, -0.1) is 0 Å². The number of halogens is 3. The van der Waals surface area contributed by atoms with E-state index in [1.807, 2.05) is 0 Å². The van der Waals surface area contributed by atoms with E-state index in [0.717, 1.165) is 37.4 Å². The quantitative estimate of drug-likeness (QED) is 0.703. The number of ether oxygens (including phenoxy) is 2. The minimum Gasteiger partial charge on any atom is -0.388 e. The topological polar surface area (TPSA) is 74.5 Å². The average molecular weight is 427 g/mol. The number of amidine groups is 1. The van der Waals surface area contributed by atoms with Gasteiger partial charge in [0.05, 0.1) is 0 Å². The Morgan fingerprint density at radius 3 is 2.50 bits per heavy atom. The predicted molar refractivity (Wildman–Crippen MR) is 100 cm³/mol. The highest BCUT2D eigenvalue weighted by atomic mass is 32.2. The molecule has 162 valence electrons. The van der Waals surface area contributed by atoms with Gasteiger partial charge >= 0.3 is 6.18 Å². The van der Waals surface area contributed by atoms with Crippen molar-refractivity contribution >= 4 is 16.9 Å². The molecule has 2 N–H and O–H groups in total. The fourth-order valence-corrected chi connectivity index (χ4v) is 5.20. The van der Waals surface area contributed by atoms with E-state index in [0.29, 0.717) is 17.5 Å². The first-order chi connectivity index (χ1) is 13.2. The minimum absolute atomic E-state index is 0.0434. The second kappa shape index (κ2) is 9.07. The number of hydrogen-bond donors (Lipinski definition) is 2. The number of aliphatic hydroxyl groups is 2. The van der Waals surface area contributed by atoms with Crippen molar-refractivity contribution in [2.45, 2.75) is 80.6 Å². The summed E-state index contributed by atoms with van der Waals surface area (Å²) >= 11 is 1.15. The highest BCUT2D eigenvalue weighted by Crippen LogP contribution is 2.41. The molecule has 0 aromatic rings. The van der Waals surface area contributed by atoms with E-state index in [4.69, 9.17) is 9.47 Å². The van der Waals surface area contributed by atoms with Gasteiger partial charge in [-0.2, -0.15) is 13.2 Å². The Labute approximate surface area is 167 Å². The summed E-state index contributed by atoms with van der Waals surface area (Å²) in [5.41, 5.74) is -0.785. The van der Waals surface area contributed by atoms with E-state index in [9.17, 15) is 23.4 Å². The highest BCUT2D eigenvalue weighted by Gasteiger charge is 2.57. The van der Waals surface area contributed by atoms with Crippen molar-refractivity contribution in [2.75, 3.05) is 20.7 Å². The predicted octanol–water partition coefficient (Wildman–Crippen LogP) is 2.38. The number of aliphatic imine (C=N–C) groups is 1. The van der Waals surface area contributed by atoms with Crippen LogP contribution in [0.5, 0.6) is 0 Å². The molecule has 3 rings (SSSR count). The van der Waals surface area contributed by atoms with Crippen LogP contribution in [0, 0.1) is 5.92 Å². The largest absolute Gasteiger partial charge is 0.417 e. The van der Waals surface area contributed by atoms with Gasteiger partial charge in [0.2, 0.25) is 0 Å². The Kier molecular flexibility index (Phi) is 7.18. The van der Waals surface area contributed by atoms with Crippen molar-refractivity contribution < 1.29 is 32.9 Å². The minimum atomic E-state index is -4.71. The fourth-order valence-electron chi connectivity index (χ4n) is 4.05. The third-order valence-electron chi connectivity index (χ3n) is 5.64. The lowest BCUT2D eigenvalue weighted by atomic mass is 9.87. The zero-order valence-corrected chi connectivity index (χ0v) is 17.0. The number of alkyl halides is 3. The van der Waals surface area contributed by atoms with E-state index >= 15 is 0 Å². The van der Waals surface area contributed by atoms with Crippen LogP contribution in [0.25, 0.3) is 0 Å². The zero-order chi connectivity index (χ0) is 20.5. The number of thioether (sulfide) groups is 1. The summed E-state index contributed by atoms with van der Waals surface area (Å²) in [6.45, 7) is -0.0434. The van der Waals surface area contributed by atoms with E-state index in [-0.39, 0.29) is 6.61 Å². The van der Waals surface area contributed by atoms with Gasteiger partial charge in [0.1, 0.15) is 29.8 Å². The molecule has 6 nitrogen and oxygen atoms in total. The van der Waals surface area contributed by atoms with Crippen LogP contribution < -0.4 is 0 Å². The monoisotopic (exact) mass is 426 g/mol. The van der Waals surface area contributed by atoms with Crippen molar-refractivity contribution in [3.05, 3.63) is 0 Å². The first kappa shape index (κ1) is 22.1. The molecule has 1 saturated heterocycles. The lowest BCUT2D eigenvalue weighted by Gasteiger charge is -2.41. The van der Waals surface area contributed by atoms with Gasteiger partial charge < -0.3 is 24.6 Å². The third kappa shape index (κ3) is 4.95. The van der Waals surface area contributed by atoms with Crippen LogP contribution in [0.2, 0.25) is 0 Å². The lowest BCUT2D eigenvalue weighted by molar-refractivity contribution is -0.284. The molecule has 0 radical (unpaired) electrons. The molecule has 0 amide bonds. The van der Waals surface area contributed by atoms with Crippen molar-refractivity contribution in [3.63, 3.8) is 0 Å². The van der Waals surface area contributed by atoms with Crippen molar-refractivity contribution in [1.29, 1.82) is 0 Å². The summed E-state index contributed by atoms with van der Waals surface area (Å²) < 4.78 is 51.8. The van der Waals surface area contributed by atoms with Gasteiger partial charge in [0.15, 0.2) is 11.3 Å². The van der Waals surface area contributed by atoms with Crippen LogP contribution in [-0.2, 0) is 9.47 Å². The molecule has 0 spiro atoms. The molecule has 28 heavy (non-hydrogen) atoms. The molecule has 0 bridgehead atoms. The molecular formula is C18H29F3N2O4S. The van der Waals surface area contributed by atoms with Gasteiger partial charge in [0, 0.05) is 20.7 Å². The van der Waals surface area contributed by atoms with E-state index in [1.54, 1.807) is 19.0 Å². The Bertz CT molecular complexity index is 557. The summed E-state index contributed by atoms with van der Waals surface area (Å²) in [5.74, 6) is 0.385. The average Bonchev–Trinajstić information content (AvgIpc) is 3.07. The van der Waals surface area contributed by atoms with Crippen LogP contribution >= 0.6 is 11.8 Å². The first-order valence-electron chi connectivity index (χ1n) is 9.80. The standard InChI is InChI=1S/C18H29F3N2O4S/c1-23(2)17-22-11-12(24)13(25)14(27-16(11)28-17)15(18(19,20)21)26-9-8-10-6-4-3-5-7-10/h10-16,24-25H,3-9H2,1-2H3/t11-,12-,13+,14?,15-,16-/m1/s1. The summed E-state index contributed by atoms with van der Waals surface area (Å²) in [6.07, 6.45) is -5.85. The summed E-state index contributed by atoms with van der Waals surface area (Å²) in [5, 5.41) is 21.3. The van der Waals surface area contributed by atoms with E-state index in [2.05, 4.69) is 4.99 Å². The molecule has 0 aromatic heterocycles. The molecule has 2 heterocycles. The van der Waals surface area contributed by atoms with Gasteiger partial charge in [-0.3, -0.25) is 4.99 Å². The molecule has 2 aliphatic heterocycles. The van der Waals surface area contributed by atoms with Crippen LogP contribution in [0.4, 0.5) is 13.2 Å². The normalized spacial score (nSPS) is 35.4. The molecule has 2 fully saturated rings. The smallest absolute Gasteiger partial charge is 0.388 e. The molecule has 3 aliphatic rings. The summed E-state index contributed by atoms with van der Waals surface area (Å²) in [7, 11) is 3.49. The Morgan fingerprint density at radius 2 is 1.89 bits per heavy atom. The maximum absolute atomic E-state index is 13.7. The fraction of sp³-hybridized carbons (Fsp3) is 0.944. The zero-order valence-electron chi connectivity index (χ0n) is 16.1. The maximum atomic E-state index is 13.7. The van der Waals surface area contributed by atoms with E-state index < -0.39 is 42.1 Å². The highest BCUT2D eigenvalue weighted by molar-refractivity contribution is 8.14. The molecule has 0 aromatic carbocycles. The number of rotatable bonds is 5. The Morgan fingerprint density at radius 1 is 1.21 bits per heavy atom. The number of nitrogens with zero attached hydrogens (tertiary/aromatic N) is 2. The molecule has 1 saturated carbocycles. The third-order valence-corrected chi connectivity index (χ3v) is 6.94. The first-order valence-corrected chi connectivity index (χ1v) is 10.7. The van der Waals surface area contributed by atoms with Crippen molar-refractivity contribution in [2.24, 2.45) is 10.9 Å². The van der Waals surface area contributed by atoms with Crippen LogP contribution in [0.1, 0.15) is 38.5 Å². The number of hydrogen-bond acceptors (Lipinski definition) is 7. The number of fused-ring (bicyclic) bond motifs is 1. The lowest BCUT2D eigenvalue weighted by Crippen LogP contribution is -2.61. The molecule has 1 unspecified atom stereocenters. The van der Waals surface area contributed by atoms with Crippen LogP contribution in [-0.4, -0.2) is 83.1 Å².